The molecule has 2 aromatic rings. The van der Waals surface area contributed by atoms with E-state index >= 15 is 0 Å². The predicted molar refractivity (Wildman–Crippen MR) is 87.7 cm³/mol. The van der Waals surface area contributed by atoms with E-state index in [4.69, 9.17) is 11.6 Å². The number of alkyl halides is 2. The van der Waals surface area contributed by atoms with Gasteiger partial charge in [-0.05, 0) is 29.8 Å². The molecule has 128 valence electrons. The number of amides is 1. The van der Waals surface area contributed by atoms with Gasteiger partial charge < -0.3 is 10.1 Å². The molecule has 0 spiro atoms. The van der Waals surface area contributed by atoms with Crippen LogP contribution >= 0.6 is 11.6 Å². The van der Waals surface area contributed by atoms with Gasteiger partial charge in [0.15, 0.2) is 0 Å². The number of nitro groups is 1. The first kappa shape index (κ1) is 16.8. The second-order valence-corrected chi connectivity index (χ2v) is 5.47. The summed E-state index contributed by atoms with van der Waals surface area (Å²) < 4.78 is 28.5. The average molecular weight is 367 g/mol. The molecule has 0 unspecified atom stereocenters. The number of carbonyl (C=O) groups excluding carboxylic acids is 1. The lowest BCUT2D eigenvalue weighted by molar-refractivity contribution is -0.384. The Morgan fingerprint density at radius 3 is 2.52 bits per heavy atom. The number of anilines is 1. The van der Waals surface area contributed by atoms with Crippen molar-refractivity contribution in [2.75, 3.05) is 5.32 Å². The summed E-state index contributed by atoms with van der Waals surface area (Å²) in [5, 5.41) is 13.5. The van der Waals surface area contributed by atoms with Crippen molar-refractivity contribution in [2.45, 2.75) is 6.61 Å². The van der Waals surface area contributed by atoms with E-state index in [9.17, 15) is 23.7 Å². The molecule has 9 heteroatoms. The number of hydrogen-bond donors (Lipinski definition) is 1. The van der Waals surface area contributed by atoms with Gasteiger partial charge in [-0.1, -0.05) is 23.7 Å². The fourth-order valence-corrected chi connectivity index (χ4v) is 2.63. The first-order valence-corrected chi connectivity index (χ1v) is 7.29. The number of nitrogens with zero attached hydrogens (tertiary/aromatic N) is 1. The third-order valence-corrected chi connectivity index (χ3v) is 3.79. The summed E-state index contributed by atoms with van der Waals surface area (Å²) in [6, 6.07) is 8.16. The van der Waals surface area contributed by atoms with Crippen LogP contribution in [0.15, 0.2) is 36.4 Å². The van der Waals surface area contributed by atoms with Gasteiger partial charge >= 0.3 is 6.61 Å². The molecule has 0 fully saturated rings. The molecular formula is C16H9ClF2N2O4. The Bertz CT molecular complexity index is 898. The number of rotatable bonds is 4. The van der Waals surface area contributed by atoms with Gasteiger partial charge in [0.2, 0.25) is 0 Å². The zero-order chi connectivity index (χ0) is 18.1. The van der Waals surface area contributed by atoms with Gasteiger partial charge in [0.25, 0.3) is 11.6 Å². The van der Waals surface area contributed by atoms with Gasteiger partial charge in [0.1, 0.15) is 10.8 Å². The standard InChI is InChI=1S/C16H9ClF2N2O4/c17-12-7-13-10(6-14(12)21(23)24)11(15(22)20-13)5-8-1-3-9(4-2-8)25-16(18)19/h1-7,16H,(H,20,22). The molecule has 0 aromatic heterocycles. The summed E-state index contributed by atoms with van der Waals surface area (Å²) in [5.41, 5.74) is 1.14. The Labute approximate surface area is 144 Å². The quantitative estimate of drug-likeness (QED) is 0.495. The smallest absolute Gasteiger partial charge is 0.387 e. The van der Waals surface area contributed by atoms with Gasteiger partial charge in [-0.2, -0.15) is 8.78 Å². The lowest BCUT2D eigenvalue weighted by Crippen LogP contribution is -2.03. The number of nitrogens with one attached hydrogen (secondary N) is 1. The van der Waals surface area contributed by atoms with Gasteiger partial charge in [0, 0.05) is 17.2 Å². The largest absolute Gasteiger partial charge is 0.435 e. The van der Waals surface area contributed by atoms with Gasteiger partial charge in [-0.3, -0.25) is 14.9 Å². The van der Waals surface area contributed by atoms with Crippen LogP contribution in [0.25, 0.3) is 11.6 Å². The molecule has 1 N–H and O–H groups in total. The van der Waals surface area contributed by atoms with Crippen molar-refractivity contribution in [3.05, 3.63) is 62.7 Å². The molecule has 6 nitrogen and oxygen atoms in total. The monoisotopic (exact) mass is 366 g/mol. The maximum absolute atomic E-state index is 12.1. The highest BCUT2D eigenvalue weighted by Crippen LogP contribution is 2.39. The van der Waals surface area contributed by atoms with E-state index in [2.05, 4.69) is 10.1 Å². The Hall–Kier alpha value is -3.00. The Balaban J connectivity index is 1.98. The van der Waals surface area contributed by atoms with Crippen LogP contribution in [0.4, 0.5) is 20.2 Å². The molecule has 1 heterocycles. The second kappa shape index (κ2) is 6.48. The van der Waals surface area contributed by atoms with Gasteiger partial charge in [-0.15, -0.1) is 0 Å². The summed E-state index contributed by atoms with van der Waals surface area (Å²) in [6.07, 6.45) is 1.49. The number of hydrogen-bond acceptors (Lipinski definition) is 4. The van der Waals surface area contributed by atoms with E-state index in [1.54, 1.807) is 0 Å². The summed E-state index contributed by atoms with van der Waals surface area (Å²) in [5.74, 6) is -0.463. The minimum atomic E-state index is -2.93. The molecule has 0 radical (unpaired) electrons. The number of carbonyl (C=O) groups is 1. The van der Waals surface area contributed by atoms with E-state index < -0.39 is 17.4 Å². The summed E-state index contributed by atoms with van der Waals surface area (Å²) in [6.45, 7) is -2.93. The molecular weight excluding hydrogens is 358 g/mol. The fraction of sp³-hybridized carbons (Fsp3) is 0.0625. The number of halogens is 3. The van der Waals surface area contributed by atoms with Crippen molar-refractivity contribution >= 4 is 40.5 Å². The first-order chi connectivity index (χ1) is 11.8. The van der Waals surface area contributed by atoms with Crippen LogP contribution in [0, 0.1) is 10.1 Å². The summed E-state index contributed by atoms with van der Waals surface area (Å²) in [7, 11) is 0. The number of nitro benzene ring substituents is 1. The molecule has 0 aliphatic carbocycles. The van der Waals surface area contributed by atoms with E-state index in [0.29, 0.717) is 16.8 Å². The minimum absolute atomic E-state index is 0.0177. The van der Waals surface area contributed by atoms with Gasteiger partial charge in [-0.25, -0.2) is 0 Å². The van der Waals surface area contributed by atoms with E-state index in [0.717, 1.165) is 0 Å². The Morgan fingerprint density at radius 1 is 1.24 bits per heavy atom. The number of fused-ring (bicyclic) bond motifs is 1. The van der Waals surface area contributed by atoms with E-state index in [1.165, 1.54) is 42.5 Å². The fourth-order valence-electron chi connectivity index (χ4n) is 2.40. The predicted octanol–water partition coefficient (Wildman–Crippen LogP) is 4.34. The Morgan fingerprint density at radius 2 is 1.92 bits per heavy atom. The average Bonchev–Trinajstić information content (AvgIpc) is 2.82. The topological polar surface area (TPSA) is 81.5 Å². The summed E-state index contributed by atoms with van der Waals surface area (Å²) >= 11 is 5.83. The zero-order valence-corrected chi connectivity index (χ0v) is 13.1. The van der Waals surface area contributed by atoms with Crippen molar-refractivity contribution in [2.24, 2.45) is 0 Å². The SMILES string of the molecule is O=C1Nc2cc(Cl)c([N+](=O)[O-])cc2C1=Cc1ccc(OC(F)F)cc1. The summed E-state index contributed by atoms with van der Waals surface area (Å²) in [4.78, 5) is 22.5. The van der Waals surface area contributed by atoms with Crippen LogP contribution in [0.1, 0.15) is 11.1 Å². The Kier molecular flexibility index (Phi) is 4.37. The number of benzene rings is 2. The molecule has 1 aliphatic rings. The zero-order valence-electron chi connectivity index (χ0n) is 12.3. The van der Waals surface area contributed by atoms with E-state index in [1.807, 2.05) is 0 Å². The van der Waals surface area contributed by atoms with Crippen molar-refractivity contribution in [3.8, 4) is 5.75 Å². The van der Waals surface area contributed by atoms with Crippen LogP contribution < -0.4 is 10.1 Å². The highest BCUT2D eigenvalue weighted by molar-refractivity contribution is 6.37. The molecule has 1 amide bonds. The van der Waals surface area contributed by atoms with Crippen LogP contribution in [-0.4, -0.2) is 17.4 Å². The van der Waals surface area contributed by atoms with Crippen LogP contribution in [-0.2, 0) is 4.79 Å². The molecule has 2 aromatic carbocycles. The highest BCUT2D eigenvalue weighted by atomic mass is 35.5. The third kappa shape index (κ3) is 3.43. The molecule has 0 atom stereocenters. The van der Waals surface area contributed by atoms with Crippen molar-refractivity contribution in [3.63, 3.8) is 0 Å². The third-order valence-electron chi connectivity index (χ3n) is 3.48. The first-order valence-electron chi connectivity index (χ1n) is 6.91. The molecule has 25 heavy (non-hydrogen) atoms. The van der Waals surface area contributed by atoms with Crippen molar-refractivity contribution < 1.29 is 23.2 Å². The molecule has 0 saturated carbocycles. The normalized spacial score (nSPS) is 14.6. The lowest BCUT2D eigenvalue weighted by Gasteiger charge is -2.04. The van der Waals surface area contributed by atoms with Crippen molar-refractivity contribution in [1.82, 2.24) is 0 Å². The molecule has 1 aliphatic heterocycles. The van der Waals surface area contributed by atoms with Gasteiger partial charge in [0.05, 0.1) is 10.6 Å². The number of ether oxygens (including phenoxy) is 1. The molecule has 0 saturated heterocycles. The van der Waals surface area contributed by atoms with E-state index in [-0.39, 0.29) is 22.0 Å². The lowest BCUT2D eigenvalue weighted by atomic mass is 10.0. The second-order valence-electron chi connectivity index (χ2n) is 5.07. The van der Waals surface area contributed by atoms with Crippen LogP contribution in [0.5, 0.6) is 5.75 Å². The van der Waals surface area contributed by atoms with Crippen LogP contribution in [0.3, 0.4) is 0 Å². The highest BCUT2D eigenvalue weighted by Gasteiger charge is 2.28. The maximum Gasteiger partial charge on any atom is 0.387 e. The van der Waals surface area contributed by atoms with Crippen molar-refractivity contribution in [1.29, 1.82) is 0 Å². The minimum Gasteiger partial charge on any atom is -0.435 e. The molecule has 3 rings (SSSR count). The maximum atomic E-state index is 12.1. The molecule has 0 bridgehead atoms. The van der Waals surface area contributed by atoms with Crippen LogP contribution in [0.2, 0.25) is 5.02 Å².